The van der Waals surface area contributed by atoms with Crippen molar-refractivity contribution in [2.75, 3.05) is 0 Å². The lowest BCUT2D eigenvalue weighted by molar-refractivity contribution is 2.32. The molecule has 0 aromatic rings. The van der Waals surface area contributed by atoms with E-state index in [9.17, 15) is 0 Å². The van der Waals surface area contributed by atoms with Gasteiger partial charge in [-0.25, -0.2) is 0 Å². The molecule has 0 spiro atoms. The lowest BCUT2D eigenvalue weighted by Gasteiger charge is -2.36. The fourth-order valence-corrected chi connectivity index (χ4v) is 2.30. The Kier molecular flexibility index (Phi) is 8.76. The SMILES string of the molecule is [B][B]B([B])B(B([B])[B])B(C)B(B([B])[B])B([B])[B]. The fraction of sp³-hybridized carbons (Fsp3) is 1.00. The highest BCUT2D eigenvalue weighted by Crippen LogP contribution is 2.02. The molecule has 17 heavy (non-hydrogen) atoms. The minimum Gasteiger partial charge on any atom is -0.101 e. The zero-order valence-corrected chi connectivity index (χ0v) is 10.2. The van der Waals surface area contributed by atoms with Crippen molar-refractivity contribution in [3.63, 3.8) is 0 Å². The van der Waals surface area contributed by atoms with E-state index in [2.05, 4.69) is 0 Å². The Morgan fingerprint density at radius 3 is 1.29 bits per heavy atom. The van der Waals surface area contributed by atoms with E-state index in [4.69, 9.17) is 61.9 Å². The second-order valence-corrected chi connectivity index (χ2v) is 4.52. The minimum absolute atomic E-state index is 0.148. The third-order valence-electron chi connectivity index (χ3n) is 3.21. The van der Waals surface area contributed by atoms with E-state index >= 15 is 0 Å². The smallest absolute Gasteiger partial charge is 0.0413 e. The normalized spacial score (nSPS) is 9.00. The standard InChI is InChI=1S/CH3B16/c1-11(16(12(3)4)13(5)6)17(14(7)8)15(9)10-2/h1H3. The van der Waals surface area contributed by atoms with Gasteiger partial charge >= 0.3 is 0 Å². The van der Waals surface area contributed by atoms with Gasteiger partial charge in [0.15, 0.2) is 0 Å². The minimum atomic E-state index is -0.670. The van der Waals surface area contributed by atoms with Crippen LogP contribution in [0.4, 0.5) is 0 Å². The molecule has 0 nitrogen and oxygen atoms in total. The second-order valence-electron chi connectivity index (χ2n) is 4.52. The molecule has 16 heteroatoms. The predicted octanol–water partition coefficient (Wildman–Crippen LogP) is -5.51. The third-order valence-corrected chi connectivity index (χ3v) is 3.21. The molecule has 0 N–H and O–H groups in total. The first kappa shape index (κ1) is 18.0. The summed E-state index contributed by atoms with van der Waals surface area (Å²) < 4.78 is 0. The highest BCUT2D eigenvalue weighted by atomic mass is 13.3. The first-order valence-electron chi connectivity index (χ1n) is 5.58. The molecule has 55 valence electrons. The molecule has 0 fully saturated rings. The van der Waals surface area contributed by atoms with E-state index < -0.39 is 25.5 Å². The summed E-state index contributed by atoms with van der Waals surface area (Å²) in [7, 11) is 46.7. The van der Waals surface area contributed by atoms with Crippen molar-refractivity contribution in [3.05, 3.63) is 0 Å². The summed E-state index contributed by atoms with van der Waals surface area (Å²) in [5.74, 6) is 0. The Morgan fingerprint density at radius 1 is 0.706 bits per heavy atom. The first-order valence-corrected chi connectivity index (χ1v) is 5.58. The molecule has 0 aromatic heterocycles. The number of hydrogen-bond acceptors (Lipinski definition) is 0. The van der Waals surface area contributed by atoms with E-state index in [1.165, 1.54) is 7.06 Å². The maximum atomic E-state index is 5.85. The molecule has 0 heterocycles. The molecule has 0 saturated heterocycles. The maximum absolute atomic E-state index is 5.85. The van der Waals surface area contributed by atoms with Gasteiger partial charge in [0.1, 0.15) is 0 Å². The summed E-state index contributed by atoms with van der Waals surface area (Å²) in [6.45, 7) is 1.72. The van der Waals surface area contributed by atoms with Crippen LogP contribution in [0.2, 0.25) is 6.82 Å². The Bertz CT molecular complexity index is 188. The van der Waals surface area contributed by atoms with Crippen LogP contribution in [0.1, 0.15) is 0 Å². The molecule has 0 aromatic carbocycles. The van der Waals surface area contributed by atoms with E-state index in [0.29, 0.717) is 0 Å². The largest absolute Gasteiger partial charge is 0.101 e. The molecule has 0 bridgehead atoms. The molecule has 0 saturated carbocycles. The zero-order chi connectivity index (χ0) is 13.7. The fourth-order valence-electron chi connectivity index (χ4n) is 2.30. The number of hydrogen-bond donors (Lipinski definition) is 0. The van der Waals surface area contributed by atoms with Gasteiger partial charge in [0.2, 0.25) is 0 Å². The molecule has 0 unspecified atom stereocenters. The van der Waals surface area contributed by atoms with Crippen molar-refractivity contribution in [2.45, 2.75) is 6.82 Å². The highest BCUT2D eigenvalue weighted by molar-refractivity contribution is 8.09. The average Bonchev–Trinajstić information content (AvgIpc) is 2.15. The molecule has 0 aliphatic heterocycles. The lowest BCUT2D eigenvalue weighted by atomic mass is 8.47. The monoisotopic (exact) mass is 191 g/mol. The van der Waals surface area contributed by atoms with Gasteiger partial charge < -0.3 is 0 Å². The van der Waals surface area contributed by atoms with Gasteiger partial charge in [0.05, 0.1) is 0 Å². The van der Waals surface area contributed by atoms with Gasteiger partial charge in [-0.3, -0.25) is 0 Å². The molecule has 17 radical (unpaired) electrons. The van der Waals surface area contributed by atoms with E-state index in [1.54, 1.807) is 0 Å². The quantitative estimate of drug-likeness (QED) is 0.350. The Labute approximate surface area is 120 Å². The van der Waals surface area contributed by atoms with Crippen LogP contribution in [0.3, 0.4) is 0 Å². The summed E-state index contributed by atoms with van der Waals surface area (Å²) >= 11 is 0. The summed E-state index contributed by atoms with van der Waals surface area (Å²) in [4.78, 5) is 0. The molecule has 0 atom stereocenters. The van der Waals surface area contributed by atoms with Crippen molar-refractivity contribution in [3.8, 4) is 0 Å². The van der Waals surface area contributed by atoms with Gasteiger partial charge in [0, 0.05) is 114 Å². The van der Waals surface area contributed by atoms with Crippen LogP contribution in [0.25, 0.3) is 0 Å². The molecule has 0 amide bonds. The summed E-state index contributed by atoms with van der Waals surface area (Å²) in [5.41, 5.74) is 0. The Morgan fingerprint density at radius 2 is 1.06 bits per heavy atom. The van der Waals surface area contributed by atoms with Crippen LogP contribution in [-0.4, -0.2) is 114 Å². The Balaban J connectivity index is 4.97. The zero-order valence-electron chi connectivity index (χ0n) is 10.2. The average molecular weight is 188 g/mol. The summed E-state index contributed by atoms with van der Waals surface area (Å²) in [6, 6.07) is 0. The van der Waals surface area contributed by atoms with Gasteiger partial charge in [-0.1, -0.05) is 0 Å². The molecular formula is CH3B16. The van der Waals surface area contributed by atoms with Crippen molar-refractivity contribution < 1.29 is 0 Å². The van der Waals surface area contributed by atoms with Crippen molar-refractivity contribution in [1.29, 1.82) is 0 Å². The topological polar surface area (TPSA) is 0 Å². The number of rotatable bonds is 7. The summed E-state index contributed by atoms with van der Waals surface area (Å²) in [6.07, 6.45) is -3.10. The lowest BCUT2D eigenvalue weighted by Crippen LogP contribution is -2.73. The molecule has 0 aliphatic carbocycles. The van der Waals surface area contributed by atoms with E-state index in [0.717, 1.165) is 0 Å². The van der Waals surface area contributed by atoms with Crippen molar-refractivity contribution in [1.82, 2.24) is 0 Å². The van der Waals surface area contributed by atoms with Crippen LogP contribution in [0.5, 0.6) is 0 Å². The maximum Gasteiger partial charge on any atom is 0.0413 e. The van der Waals surface area contributed by atoms with Gasteiger partial charge in [-0.2, -0.15) is 0 Å². The first-order chi connectivity index (χ1) is 7.73. The van der Waals surface area contributed by atoms with Crippen LogP contribution >= 0.6 is 0 Å². The summed E-state index contributed by atoms with van der Waals surface area (Å²) in [5, 5.41) is 0. The highest BCUT2D eigenvalue weighted by Gasteiger charge is 2.38. The van der Waals surface area contributed by atoms with Crippen LogP contribution in [-0.2, 0) is 0 Å². The van der Waals surface area contributed by atoms with Gasteiger partial charge in [0.25, 0.3) is 0 Å². The molecule has 0 rings (SSSR count). The van der Waals surface area contributed by atoms with Crippen molar-refractivity contribution in [2.24, 2.45) is 0 Å². The van der Waals surface area contributed by atoms with Crippen molar-refractivity contribution >= 4 is 114 Å². The van der Waals surface area contributed by atoms with Gasteiger partial charge in [-0.05, 0) is 0 Å². The van der Waals surface area contributed by atoms with Crippen LogP contribution in [0.15, 0.2) is 0 Å². The van der Waals surface area contributed by atoms with E-state index in [1.807, 2.05) is 6.82 Å². The molecular weight excluding hydrogens is 185 g/mol. The molecule has 0 aliphatic rings. The predicted molar refractivity (Wildman–Crippen MR) is 97.9 cm³/mol. The van der Waals surface area contributed by atoms with Gasteiger partial charge in [-0.15, -0.1) is 6.82 Å². The third kappa shape index (κ3) is 5.27. The van der Waals surface area contributed by atoms with E-state index in [-0.39, 0.29) is 19.3 Å². The van der Waals surface area contributed by atoms with Crippen LogP contribution < -0.4 is 0 Å². The van der Waals surface area contributed by atoms with Crippen LogP contribution in [0, 0.1) is 0 Å². The Hall–Kier alpha value is 1.04. The second kappa shape index (κ2) is 8.26.